The largest absolute Gasteiger partial charge is 0.478 e. The van der Waals surface area contributed by atoms with Crippen molar-refractivity contribution in [2.45, 2.75) is 13.3 Å². The fraction of sp³-hybridized carbons (Fsp3) is 0.417. The van der Waals surface area contributed by atoms with E-state index in [-0.39, 0.29) is 16.5 Å². The van der Waals surface area contributed by atoms with Crippen molar-refractivity contribution >= 4 is 29.3 Å². The number of hydrogen-bond donors (Lipinski definition) is 2. The molecule has 0 radical (unpaired) electrons. The number of halogens is 1. The predicted octanol–water partition coefficient (Wildman–Crippen LogP) is 1.13. The zero-order valence-electron chi connectivity index (χ0n) is 10.4. The van der Waals surface area contributed by atoms with Crippen LogP contribution in [0.5, 0.6) is 0 Å². The molecule has 2 rings (SSSR count). The van der Waals surface area contributed by atoms with Crippen molar-refractivity contribution in [3.8, 4) is 0 Å². The average Bonchev–Trinajstić information content (AvgIpc) is 2.73. The van der Waals surface area contributed by atoms with Crippen molar-refractivity contribution in [2.75, 3.05) is 18.0 Å². The molecule has 1 amide bonds. The van der Waals surface area contributed by atoms with Crippen LogP contribution in [0.25, 0.3) is 0 Å². The molecule has 0 bridgehead atoms. The van der Waals surface area contributed by atoms with Crippen LogP contribution in [-0.4, -0.2) is 35.1 Å². The SMILES string of the molecule is CC1(C(N)=O)CCN(c2cc(C(=O)O)c(Cl)cn2)C1. The molecular formula is C12H14ClN3O3. The smallest absolute Gasteiger partial charge is 0.337 e. The Labute approximate surface area is 115 Å². The lowest BCUT2D eigenvalue weighted by atomic mass is 9.89. The van der Waals surface area contributed by atoms with Gasteiger partial charge in [0.2, 0.25) is 5.91 Å². The minimum atomic E-state index is -1.11. The van der Waals surface area contributed by atoms with Crippen LogP contribution in [0.4, 0.5) is 5.82 Å². The first-order valence-corrected chi connectivity index (χ1v) is 6.15. The number of aromatic carboxylic acids is 1. The number of carbonyl (C=O) groups is 2. The average molecular weight is 284 g/mol. The molecule has 1 aliphatic heterocycles. The van der Waals surface area contributed by atoms with Crippen molar-refractivity contribution in [1.82, 2.24) is 4.98 Å². The zero-order valence-corrected chi connectivity index (χ0v) is 11.1. The van der Waals surface area contributed by atoms with E-state index >= 15 is 0 Å². The summed E-state index contributed by atoms with van der Waals surface area (Å²) in [5.74, 6) is -0.972. The first-order chi connectivity index (χ1) is 8.83. The number of primary amides is 1. The number of amides is 1. The molecule has 102 valence electrons. The first-order valence-electron chi connectivity index (χ1n) is 5.77. The van der Waals surface area contributed by atoms with Crippen LogP contribution in [0.2, 0.25) is 5.02 Å². The standard InChI is InChI=1S/C12H14ClN3O3/c1-12(11(14)19)2-3-16(6-12)9-4-7(10(17)18)8(13)5-15-9/h4-5H,2-3,6H2,1H3,(H2,14,19)(H,17,18). The fourth-order valence-electron chi connectivity index (χ4n) is 2.12. The minimum absolute atomic E-state index is 0.000607. The van der Waals surface area contributed by atoms with Gasteiger partial charge in [0.1, 0.15) is 5.82 Å². The van der Waals surface area contributed by atoms with Crippen LogP contribution in [0.15, 0.2) is 12.3 Å². The van der Waals surface area contributed by atoms with Gasteiger partial charge < -0.3 is 15.7 Å². The highest BCUT2D eigenvalue weighted by molar-refractivity contribution is 6.33. The van der Waals surface area contributed by atoms with Gasteiger partial charge in [0.15, 0.2) is 0 Å². The molecule has 0 aromatic carbocycles. The topological polar surface area (TPSA) is 96.5 Å². The second-order valence-corrected chi connectivity index (χ2v) is 5.33. The molecule has 7 heteroatoms. The van der Waals surface area contributed by atoms with Gasteiger partial charge in [-0.15, -0.1) is 0 Å². The van der Waals surface area contributed by atoms with E-state index in [0.717, 1.165) is 0 Å². The Morgan fingerprint density at radius 1 is 1.58 bits per heavy atom. The van der Waals surface area contributed by atoms with E-state index in [1.807, 2.05) is 4.90 Å². The summed E-state index contributed by atoms with van der Waals surface area (Å²) in [5.41, 5.74) is 4.77. The molecule has 0 saturated carbocycles. The molecular weight excluding hydrogens is 270 g/mol. The number of carbonyl (C=O) groups excluding carboxylic acids is 1. The molecule has 0 aliphatic carbocycles. The van der Waals surface area contributed by atoms with Gasteiger partial charge in [-0.2, -0.15) is 0 Å². The van der Waals surface area contributed by atoms with Gasteiger partial charge in [0.25, 0.3) is 0 Å². The normalized spacial score (nSPS) is 22.5. The second-order valence-electron chi connectivity index (χ2n) is 4.92. The van der Waals surface area contributed by atoms with Crippen molar-refractivity contribution in [3.63, 3.8) is 0 Å². The zero-order chi connectivity index (χ0) is 14.2. The lowest BCUT2D eigenvalue weighted by Crippen LogP contribution is -2.37. The number of anilines is 1. The summed E-state index contributed by atoms with van der Waals surface area (Å²) in [6.07, 6.45) is 1.93. The van der Waals surface area contributed by atoms with Crippen molar-refractivity contribution in [3.05, 3.63) is 22.8 Å². The first kappa shape index (κ1) is 13.6. The third kappa shape index (κ3) is 2.49. The Morgan fingerprint density at radius 2 is 2.26 bits per heavy atom. The van der Waals surface area contributed by atoms with E-state index in [0.29, 0.717) is 25.3 Å². The number of pyridine rings is 1. The molecule has 2 heterocycles. The summed E-state index contributed by atoms with van der Waals surface area (Å²) in [7, 11) is 0. The maximum Gasteiger partial charge on any atom is 0.337 e. The Kier molecular flexibility index (Phi) is 3.36. The van der Waals surface area contributed by atoms with Crippen molar-refractivity contribution in [2.24, 2.45) is 11.1 Å². The summed E-state index contributed by atoms with van der Waals surface area (Å²) in [4.78, 5) is 28.4. The van der Waals surface area contributed by atoms with E-state index in [2.05, 4.69) is 4.98 Å². The third-order valence-corrected chi connectivity index (χ3v) is 3.76. The van der Waals surface area contributed by atoms with Gasteiger partial charge in [-0.05, 0) is 19.4 Å². The van der Waals surface area contributed by atoms with Crippen molar-refractivity contribution in [1.29, 1.82) is 0 Å². The van der Waals surface area contributed by atoms with Gasteiger partial charge >= 0.3 is 5.97 Å². The van der Waals surface area contributed by atoms with Gasteiger partial charge in [-0.25, -0.2) is 9.78 Å². The fourth-order valence-corrected chi connectivity index (χ4v) is 2.31. The van der Waals surface area contributed by atoms with Crippen LogP contribution in [-0.2, 0) is 4.79 Å². The Hall–Kier alpha value is -1.82. The number of hydrogen-bond acceptors (Lipinski definition) is 4. The summed E-state index contributed by atoms with van der Waals surface area (Å²) in [5, 5.41) is 9.11. The number of nitrogens with two attached hydrogens (primary N) is 1. The van der Waals surface area contributed by atoms with Crippen LogP contribution >= 0.6 is 11.6 Å². The molecule has 3 N–H and O–H groups in total. The molecule has 19 heavy (non-hydrogen) atoms. The summed E-state index contributed by atoms with van der Waals surface area (Å²) in [6, 6.07) is 1.41. The Morgan fingerprint density at radius 3 is 2.79 bits per heavy atom. The second kappa shape index (κ2) is 4.70. The van der Waals surface area contributed by atoms with E-state index in [1.165, 1.54) is 12.3 Å². The van der Waals surface area contributed by atoms with Gasteiger partial charge in [-0.1, -0.05) is 11.6 Å². The summed E-state index contributed by atoms with van der Waals surface area (Å²) in [6.45, 7) is 2.83. The lowest BCUT2D eigenvalue weighted by Gasteiger charge is -2.22. The highest BCUT2D eigenvalue weighted by Gasteiger charge is 2.39. The lowest BCUT2D eigenvalue weighted by molar-refractivity contribution is -0.125. The maximum atomic E-state index is 11.4. The maximum absolute atomic E-state index is 11.4. The number of aromatic nitrogens is 1. The van der Waals surface area contributed by atoms with E-state index in [1.54, 1.807) is 6.92 Å². The van der Waals surface area contributed by atoms with Gasteiger partial charge in [-0.3, -0.25) is 4.79 Å². The highest BCUT2D eigenvalue weighted by Crippen LogP contribution is 2.33. The molecule has 1 saturated heterocycles. The highest BCUT2D eigenvalue weighted by atomic mass is 35.5. The van der Waals surface area contributed by atoms with E-state index in [9.17, 15) is 9.59 Å². The molecule has 1 aliphatic rings. The number of nitrogens with zero attached hydrogens (tertiary/aromatic N) is 2. The van der Waals surface area contributed by atoms with Crippen LogP contribution < -0.4 is 10.6 Å². The van der Waals surface area contributed by atoms with Crippen LogP contribution in [0.1, 0.15) is 23.7 Å². The quantitative estimate of drug-likeness (QED) is 0.867. The van der Waals surface area contributed by atoms with Crippen molar-refractivity contribution < 1.29 is 14.7 Å². The van der Waals surface area contributed by atoms with Crippen LogP contribution in [0.3, 0.4) is 0 Å². The molecule has 1 fully saturated rings. The molecule has 1 aromatic rings. The Bertz CT molecular complexity index is 549. The monoisotopic (exact) mass is 283 g/mol. The van der Waals surface area contributed by atoms with Crippen LogP contribution in [0, 0.1) is 5.41 Å². The predicted molar refractivity (Wildman–Crippen MR) is 70.3 cm³/mol. The molecule has 1 unspecified atom stereocenters. The van der Waals surface area contributed by atoms with Gasteiger partial charge in [0.05, 0.1) is 16.0 Å². The number of carboxylic acid groups (broad SMARTS) is 1. The molecule has 6 nitrogen and oxygen atoms in total. The minimum Gasteiger partial charge on any atom is -0.478 e. The summed E-state index contributed by atoms with van der Waals surface area (Å²) >= 11 is 5.77. The molecule has 0 spiro atoms. The van der Waals surface area contributed by atoms with E-state index < -0.39 is 11.4 Å². The number of rotatable bonds is 3. The molecule has 1 aromatic heterocycles. The molecule has 1 atom stereocenters. The third-order valence-electron chi connectivity index (χ3n) is 3.46. The van der Waals surface area contributed by atoms with E-state index in [4.69, 9.17) is 22.4 Å². The number of carboxylic acids is 1. The van der Waals surface area contributed by atoms with Gasteiger partial charge in [0, 0.05) is 19.3 Å². The summed E-state index contributed by atoms with van der Waals surface area (Å²) < 4.78 is 0. The Balaban J connectivity index is 2.28.